The molecule has 1 aromatic rings. The molecule has 1 aromatic carbocycles. The molecule has 0 aliphatic rings. The lowest BCUT2D eigenvalue weighted by atomic mass is 9.93. The van der Waals surface area contributed by atoms with E-state index < -0.39 is 12.0 Å². The van der Waals surface area contributed by atoms with Crippen LogP contribution < -0.4 is 5.32 Å². The highest BCUT2D eigenvalue weighted by Crippen LogP contribution is 2.24. The number of nitrogens with one attached hydrogen (secondary N) is 1. The Hall–Kier alpha value is -1.35. The Labute approximate surface area is 109 Å². The van der Waals surface area contributed by atoms with Crippen LogP contribution in [0.4, 0.5) is 0 Å². The lowest BCUT2D eigenvalue weighted by Crippen LogP contribution is -2.32. The van der Waals surface area contributed by atoms with Gasteiger partial charge in [0, 0.05) is 0 Å². The van der Waals surface area contributed by atoms with Gasteiger partial charge < -0.3 is 10.4 Å². The van der Waals surface area contributed by atoms with Gasteiger partial charge in [0.15, 0.2) is 0 Å². The van der Waals surface area contributed by atoms with Crippen molar-refractivity contribution in [2.24, 2.45) is 5.92 Å². The molecule has 100 valence electrons. The van der Waals surface area contributed by atoms with E-state index in [1.54, 1.807) is 0 Å². The van der Waals surface area contributed by atoms with Crippen LogP contribution in [0.3, 0.4) is 0 Å². The molecule has 18 heavy (non-hydrogen) atoms. The van der Waals surface area contributed by atoms with Crippen molar-refractivity contribution in [1.29, 1.82) is 0 Å². The minimum atomic E-state index is -0.814. The highest BCUT2D eigenvalue weighted by Gasteiger charge is 2.23. The first-order valence-electron chi connectivity index (χ1n) is 6.36. The van der Waals surface area contributed by atoms with Crippen LogP contribution in [0.25, 0.3) is 0 Å². The molecule has 0 aromatic heterocycles. The zero-order valence-electron chi connectivity index (χ0n) is 11.9. The maximum absolute atomic E-state index is 11.4. The smallest absolute Gasteiger partial charge is 0.325 e. The quantitative estimate of drug-likeness (QED) is 0.843. The summed E-state index contributed by atoms with van der Waals surface area (Å²) in [6.45, 7) is 10.8. The predicted molar refractivity (Wildman–Crippen MR) is 73.9 cm³/mol. The Morgan fingerprint density at radius 3 is 2.11 bits per heavy atom. The Bertz CT molecular complexity index is 415. The number of carbonyl (C=O) groups is 1. The summed E-state index contributed by atoms with van der Waals surface area (Å²) in [4.78, 5) is 11.4. The van der Waals surface area contributed by atoms with Crippen LogP contribution in [-0.2, 0) is 4.79 Å². The maximum Gasteiger partial charge on any atom is 0.325 e. The molecular formula is C15H23NO2. The van der Waals surface area contributed by atoms with Crippen molar-refractivity contribution in [3.05, 3.63) is 34.4 Å². The van der Waals surface area contributed by atoms with Gasteiger partial charge >= 0.3 is 5.97 Å². The van der Waals surface area contributed by atoms with E-state index in [0.717, 1.165) is 16.7 Å². The molecule has 0 radical (unpaired) electrons. The molecule has 1 atom stereocenters. The van der Waals surface area contributed by atoms with Gasteiger partial charge in [-0.3, -0.25) is 4.79 Å². The van der Waals surface area contributed by atoms with Crippen LogP contribution in [0.2, 0.25) is 0 Å². The fourth-order valence-electron chi connectivity index (χ4n) is 2.31. The molecule has 0 aliphatic carbocycles. The first-order chi connectivity index (χ1) is 8.32. The number of hydrogen-bond acceptors (Lipinski definition) is 2. The van der Waals surface area contributed by atoms with Gasteiger partial charge in [0.1, 0.15) is 6.04 Å². The van der Waals surface area contributed by atoms with E-state index >= 15 is 0 Å². The van der Waals surface area contributed by atoms with Crippen LogP contribution in [0.15, 0.2) is 12.1 Å². The van der Waals surface area contributed by atoms with Gasteiger partial charge in [-0.2, -0.15) is 0 Å². The van der Waals surface area contributed by atoms with E-state index in [1.807, 2.05) is 32.9 Å². The molecular weight excluding hydrogens is 226 g/mol. The molecule has 0 heterocycles. The molecule has 3 nitrogen and oxygen atoms in total. The summed E-state index contributed by atoms with van der Waals surface area (Å²) < 4.78 is 0. The number of aryl methyl sites for hydroxylation is 3. The monoisotopic (exact) mass is 249 g/mol. The zero-order valence-corrected chi connectivity index (χ0v) is 11.9. The van der Waals surface area contributed by atoms with Crippen LogP contribution in [-0.4, -0.2) is 17.6 Å². The average molecular weight is 249 g/mol. The third-order valence-electron chi connectivity index (χ3n) is 3.00. The number of benzene rings is 1. The first kappa shape index (κ1) is 14.7. The number of carboxylic acids is 1. The second-order valence-corrected chi connectivity index (χ2v) is 5.39. The van der Waals surface area contributed by atoms with Gasteiger partial charge in [-0.25, -0.2) is 0 Å². The van der Waals surface area contributed by atoms with Gasteiger partial charge in [-0.1, -0.05) is 31.5 Å². The second-order valence-electron chi connectivity index (χ2n) is 5.39. The van der Waals surface area contributed by atoms with Crippen molar-refractivity contribution in [2.75, 3.05) is 6.54 Å². The minimum Gasteiger partial charge on any atom is -0.480 e. The van der Waals surface area contributed by atoms with Crippen molar-refractivity contribution in [1.82, 2.24) is 5.32 Å². The lowest BCUT2D eigenvalue weighted by Gasteiger charge is -2.21. The number of hydrogen-bond donors (Lipinski definition) is 2. The van der Waals surface area contributed by atoms with Crippen LogP contribution >= 0.6 is 0 Å². The number of rotatable bonds is 5. The topological polar surface area (TPSA) is 49.3 Å². The van der Waals surface area contributed by atoms with Gasteiger partial charge in [-0.15, -0.1) is 0 Å². The Morgan fingerprint density at radius 2 is 1.72 bits per heavy atom. The van der Waals surface area contributed by atoms with Crippen molar-refractivity contribution >= 4 is 5.97 Å². The minimum absolute atomic E-state index is 0.429. The summed E-state index contributed by atoms with van der Waals surface area (Å²) in [5.41, 5.74) is 4.14. The summed E-state index contributed by atoms with van der Waals surface area (Å²) in [7, 11) is 0. The Balaban J connectivity index is 3.10. The van der Waals surface area contributed by atoms with E-state index in [0.29, 0.717) is 12.5 Å². The van der Waals surface area contributed by atoms with E-state index in [-0.39, 0.29) is 0 Å². The third-order valence-corrected chi connectivity index (χ3v) is 3.00. The molecule has 0 saturated heterocycles. The van der Waals surface area contributed by atoms with Gasteiger partial charge in [0.25, 0.3) is 0 Å². The maximum atomic E-state index is 11.4. The molecule has 1 unspecified atom stereocenters. The summed E-state index contributed by atoms with van der Waals surface area (Å²) in [6.07, 6.45) is 0. The van der Waals surface area contributed by atoms with E-state index in [2.05, 4.69) is 19.2 Å². The normalized spacial score (nSPS) is 12.8. The fraction of sp³-hybridized carbons (Fsp3) is 0.533. The Kier molecular flexibility index (Phi) is 4.91. The van der Waals surface area contributed by atoms with Crippen LogP contribution in [0.5, 0.6) is 0 Å². The van der Waals surface area contributed by atoms with E-state index in [4.69, 9.17) is 0 Å². The largest absolute Gasteiger partial charge is 0.480 e. The molecule has 0 bridgehead atoms. The predicted octanol–water partition coefficient (Wildman–Crippen LogP) is 2.98. The van der Waals surface area contributed by atoms with Crippen LogP contribution in [0, 0.1) is 26.7 Å². The number of aliphatic carboxylic acids is 1. The van der Waals surface area contributed by atoms with Gasteiger partial charge in [0.05, 0.1) is 0 Å². The lowest BCUT2D eigenvalue weighted by molar-refractivity contribution is -0.139. The summed E-state index contributed by atoms with van der Waals surface area (Å²) >= 11 is 0. The van der Waals surface area contributed by atoms with Crippen molar-refractivity contribution < 1.29 is 9.90 Å². The third kappa shape index (κ3) is 3.57. The van der Waals surface area contributed by atoms with Crippen molar-refractivity contribution in [3.8, 4) is 0 Å². The molecule has 0 spiro atoms. The average Bonchev–Trinajstić information content (AvgIpc) is 2.20. The summed E-state index contributed by atoms with van der Waals surface area (Å²) in [5.74, 6) is -0.386. The molecule has 0 saturated carbocycles. The van der Waals surface area contributed by atoms with E-state index in [1.165, 1.54) is 5.56 Å². The van der Waals surface area contributed by atoms with E-state index in [9.17, 15) is 9.90 Å². The molecule has 0 amide bonds. The molecule has 3 heteroatoms. The van der Waals surface area contributed by atoms with Gasteiger partial charge in [0.2, 0.25) is 0 Å². The first-order valence-corrected chi connectivity index (χ1v) is 6.36. The van der Waals surface area contributed by atoms with Gasteiger partial charge in [-0.05, 0) is 49.9 Å². The SMILES string of the molecule is Cc1cc(C)c(C(NCC(C)C)C(=O)O)c(C)c1. The van der Waals surface area contributed by atoms with Crippen molar-refractivity contribution in [2.45, 2.75) is 40.7 Å². The zero-order chi connectivity index (χ0) is 13.9. The molecule has 0 aliphatic heterocycles. The summed E-state index contributed by atoms with van der Waals surface area (Å²) in [6, 6.07) is 3.46. The Morgan fingerprint density at radius 1 is 1.22 bits per heavy atom. The molecule has 1 rings (SSSR count). The van der Waals surface area contributed by atoms with Crippen LogP contribution in [0.1, 0.15) is 42.1 Å². The summed E-state index contributed by atoms with van der Waals surface area (Å²) in [5, 5.41) is 12.5. The molecule has 0 fully saturated rings. The fourth-order valence-corrected chi connectivity index (χ4v) is 2.31. The van der Waals surface area contributed by atoms with Crippen molar-refractivity contribution in [3.63, 3.8) is 0 Å². The number of carboxylic acid groups (broad SMARTS) is 1. The molecule has 2 N–H and O–H groups in total. The highest BCUT2D eigenvalue weighted by atomic mass is 16.4. The highest BCUT2D eigenvalue weighted by molar-refractivity contribution is 5.76. The second kappa shape index (κ2) is 6.01. The standard InChI is InChI=1S/C15H23NO2/c1-9(2)8-16-14(15(17)18)13-11(4)6-10(3)7-12(13)5/h6-7,9,14,16H,8H2,1-5H3,(H,17,18).